The number of primary amides is 1. The summed E-state index contributed by atoms with van der Waals surface area (Å²) in [5.74, 6) is -0.441. The lowest BCUT2D eigenvalue weighted by molar-refractivity contribution is -0.143. The van der Waals surface area contributed by atoms with Crippen LogP contribution in [0.15, 0.2) is 72.8 Å². The van der Waals surface area contributed by atoms with Gasteiger partial charge < -0.3 is 15.4 Å². The van der Waals surface area contributed by atoms with E-state index < -0.39 is 11.4 Å². The standard InChI is InChI=1S/C27H27FN2O3/c1-33-24-14-7-3-9-19(24)17-25(31)30-16-8-15-27(30,26(29)32)18-20-10-2-4-11-21(20)22-12-5-6-13-23(22)28/h2-7,9-14H,8,15-18H2,1H3,(H2,29,32). The summed E-state index contributed by atoms with van der Waals surface area (Å²) in [6, 6.07) is 21.3. The fourth-order valence-electron chi connectivity index (χ4n) is 4.81. The third-order valence-electron chi connectivity index (χ3n) is 6.45. The number of likely N-dealkylation sites (tertiary alicyclic amines) is 1. The summed E-state index contributed by atoms with van der Waals surface area (Å²) < 4.78 is 20.0. The van der Waals surface area contributed by atoms with E-state index in [1.807, 2.05) is 42.5 Å². The minimum Gasteiger partial charge on any atom is -0.496 e. The fraction of sp³-hybridized carbons (Fsp3) is 0.259. The van der Waals surface area contributed by atoms with Gasteiger partial charge in [-0.05, 0) is 36.1 Å². The molecule has 2 N–H and O–H groups in total. The zero-order valence-corrected chi connectivity index (χ0v) is 18.6. The number of amides is 2. The monoisotopic (exact) mass is 446 g/mol. The van der Waals surface area contributed by atoms with Crippen LogP contribution < -0.4 is 10.5 Å². The van der Waals surface area contributed by atoms with Gasteiger partial charge in [0.2, 0.25) is 11.8 Å². The summed E-state index contributed by atoms with van der Waals surface area (Å²) in [5.41, 5.74) is 7.46. The van der Waals surface area contributed by atoms with Crippen molar-refractivity contribution in [1.82, 2.24) is 4.90 Å². The number of nitrogens with zero attached hydrogens (tertiary/aromatic N) is 1. The van der Waals surface area contributed by atoms with E-state index in [1.54, 1.807) is 36.3 Å². The Balaban J connectivity index is 1.69. The Morgan fingerprint density at radius 3 is 2.30 bits per heavy atom. The second kappa shape index (κ2) is 9.45. The maximum Gasteiger partial charge on any atom is 0.243 e. The van der Waals surface area contributed by atoms with Crippen LogP contribution in [0.3, 0.4) is 0 Å². The number of carbonyl (C=O) groups is 2. The van der Waals surface area contributed by atoms with Crippen LogP contribution in [0.4, 0.5) is 4.39 Å². The largest absolute Gasteiger partial charge is 0.496 e. The van der Waals surface area contributed by atoms with E-state index >= 15 is 0 Å². The molecule has 0 aromatic heterocycles. The van der Waals surface area contributed by atoms with E-state index in [-0.39, 0.29) is 24.6 Å². The smallest absolute Gasteiger partial charge is 0.243 e. The Bertz CT molecular complexity index is 1180. The van der Waals surface area contributed by atoms with Crippen molar-refractivity contribution in [2.45, 2.75) is 31.2 Å². The summed E-state index contributed by atoms with van der Waals surface area (Å²) in [6.45, 7) is 0.443. The number of hydrogen-bond donors (Lipinski definition) is 1. The molecular weight excluding hydrogens is 419 g/mol. The molecule has 1 atom stereocenters. The first-order valence-electron chi connectivity index (χ1n) is 11.0. The zero-order chi connectivity index (χ0) is 23.4. The van der Waals surface area contributed by atoms with Crippen molar-refractivity contribution in [1.29, 1.82) is 0 Å². The van der Waals surface area contributed by atoms with E-state index in [0.29, 0.717) is 36.3 Å². The van der Waals surface area contributed by atoms with Gasteiger partial charge in [0.1, 0.15) is 17.1 Å². The van der Waals surface area contributed by atoms with Gasteiger partial charge in [0.05, 0.1) is 13.5 Å². The molecule has 6 heteroatoms. The minimum atomic E-state index is -1.17. The summed E-state index contributed by atoms with van der Waals surface area (Å²) in [4.78, 5) is 27.9. The molecule has 0 aliphatic carbocycles. The number of para-hydroxylation sites is 1. The van der Waals surface area contributed by atoms with Crippen molar-refractivity contribution in [3.63, 3.8) is 0 Å². The van der Waals surface area contributed by atoms with Crippen LogP contribution in [0.2, 0.25) is 0 Å². The van der Waals surface area contributed by atoms with E-state index in [9.17, 15) is 14.0 Å². The van der Waals surface area contributed by atoms with Crippen LogP contribution in [0, 0.1) is 5.82 Å². The summed E-state index contributed by atoms with van der Waals surface area (Å²) >= 11 is 0. The minimum absolute atomic E-state index is 0.105. The number of halogens is 1. The van der Waals surface area contributed by atoms with Crippen molar-refractivity contribution in [2.75, 3.05) is 13.7 Å². The highest BCUT2D eigenvalue weighted by Gasteiger charge is 2.48. The van der Waals surface area contributed by atoms with Crippen molar-refractivity contribution >= 4 is 11.8 Å². The molecule has 1 unspecified atom stereocenters. The number of hydrogen-bond acceptors (Lipinski definition) is 3. The molecule has 1 heterocycles. The molecular formula is C27H27FN2O3. The van der Waals surface area contributed by atoms with Crippen LogP contribution in [0.1, 0.15) is 24.0 Å². The van der Waals surface area contributed by atoms with Gasteiger partial charge in [0, 0.05) is 24.1 Å². The first-order chi connectivity index (χ1) is 16.0. The quantitative estimate of drug-likeness (QED) is 0.593. The maximum absolute atomic E-state index is 14.6. The van der Waals surface area contributed by atoms with E-state index in [2.05, 4.69) is 0 Å². The molecule has 3 aromatic carbocycles. The van der Waals surface area contributed by atoms with Crippen LogP contribution >= 0.6 is 0 Å². The first kappa shape index (κ1) is 22.5. The maximum atomic E-state index is 14.6. The van der Waals surface area contributed by atoms with Gasteiger partial charge >= 0.3 is 0 Å². The van der Waals surface area contributed by atoms with E-state index in [1.165, 1.54) is 6.07 Å². The van der Waals surface area contributed by atoms with E-state index in [4.69, 9.17) is 10.5 Å². The second-order valence-electron chi connectivity index (χ2n) is 8.35. The van der Waals surface area contributed by atoms with Crippen LogP contribution in [0.5, 0.6) is 5.75 Å². The number of nitrogens with two attached hydrogens (primary N) is 1. The Labute approximate surface area is 193 Å². The summed E-state index contributed by atoms with van der Waals surface area (Å²) in [7, 11) is 1.56. The molecule has 3 aromatic rings. The average molecular weight is 447 g/mol. The first-order valence-corrected chi connectivity index (χ1v) is 11.0. The Morgan fingerprint density at radius 2 is 1.61 bits per heavy atom. The number of ether oxygens (including phenoxy) is 1. The third-order valence-corrected chi connectivity index (χ3v) is 6.45. The summed E-state index contributed by atoms with van der Waals surface area (Å²) in [6.07, 6.45) is 1.46. The lowest BCUT2D eigenvalue weighted by Crippen LogP contribution is -2.57. The zero-order valence-electron chi connectivity index (χ0n) is 18.6. The van der Waals surface area contributed by atoms with Crippen molar-refractivity contribution in [3.05, 3.63) is 89.7 Å². The van der Waals surface area contributed by atoms with Gasteiger partial charge in [-0.1, -0.05) is 60.7 Å². The van der Waals surface area contributed by atoms with Crippen molar-refractivity contribution in [3.8, 4) is 16.9 Å². The Hall–Kier alpha value is -3.67. The molecule has 0 radical (unpaired) electrons. The highest BCUT2D eigenvalue weighted by molar-refractivity contribution is 5.92. The highest BCUT2D eigenvalue weighted by Crippen LogP contribution is 2.37. The molecule has 33 heavy (non-hydrogen) atoms. The molecule has 4 rings (SSSR count). The third kappa shape index (κ3) is 4.33. The number of benzene rings is 3. The lowest BCUT2D eigenvalue weighted by atomic mass is 9.84. The predicted octanol–water partition coefficient (Wildman–Crippen LogP) is 4.13. The SMILES string of the molecule is COc1ccccc1CC(=O)N1CCCC1(Cc1ccccc1-c1ccccc1F)C(N)=O. The number of rotatable bonds is 7. The van der Waals surface area contributed by atoms with Gasteiger partial charge in [0.15, 0.2) is 0 Å². The second-order valence-corrected chi connectivity index (χ2v) is 8.35. The number of methoxy groups -OCH3 is 1. The average Bonchev–Trinajstić information content (AvgIpc) is 3.25. The predicted molar refractivity (Wildman–Crippen MR) is 125 cm³/mol. The molecule has 1 fully saturated rings. The topological polar surface area (TPSA) is 72.6 Å². The van der Waals surface area contributed by atoms with Gasteiger partial charge in [0.25, 0.3) is 0 Å². The normalized spacial score (nSPS) is 17.7. The molecule has 1 aliphatic heterocycles. The van der Waals surface area contributed by atoms with Gasteiger partial charge in [-0.15, -0.1) is 0 Å². The molecule has 0 bridgehead atoms. The molecule has 170 valence electrons. The molecule has 0 spiro atoms. The van der Waals surface area contributed by atoms with Crippen LogP contribution in [-0.4, -0.2) is 35.9 Å². The molecule has 0 saturated carbocycles. The van der Waals surface area contributed by atoms with Gasteiger partial charge in [-0.25, -0.2) is 4.39 Å². The molecule has 1 saturated heterocycles. The van der Waals surface area contributed by atoms with E-state index in [0.717, 1.165) is 11.1 Å². The molecule has 1 aliphatic rings. The van der Waals surface area contributed by atoms with Gasteiger partial charge in [-0.3, -0.25) is 9.59 Å². The lowest BCUT2D eigenvalue weighted by Gasteiger charge is -2.36. The van der Waals surface area contributed by atoms with Crippen LogP contribution in [-0.2, 0) is 22.4 Å². The van der Waals surface area contributed by atoms with Crippen LogP contribution in [0.25, 0.3) is 11.1 Å². The Morgan fingerprint density at radius 1 is 0.970 bits per heavy atom. The Kier molecular flexibility index (Phi) is 6.45. The van der Waals surface area contributed by atoms with Crippen molar-refractivity contribution in [2.24, 2.45) is 5.73 Å². The fourth-order valence-corrected chi connectivity index (χ4v) is 4.81. The molecule has 5 nitrogen and oxygen atoms in total. The van der Waals surface area contributed by atoms with Gasteiger partial charge in [-0.2, -0.15) is 0 Å². The summed E-state index contributed by atoms with van der Waals surface area (Å²) in [5, 5.41) is 0. The highest BCUT2D eigenvalue weighted by atomic mass is 19.1. The number of carbonyl (C=O) groups excluding carboxylic acids is 2. The molecule has 2 amide bonds. The van der Waals surface area contributed by atoms with Crippen molar-refractivity contribution < 1.29 is 18.7 Å².